The maximum absolute atomic E-state index is 5.06. The summed E-state index contributed by atoms with van der Waals surface area (Å²) in [6, 6.07) is 15.4. The number of pyridine rings is 1. The Balaban J connectivity index is 0. The fraction of sp³-hybridized carbons (Fsp3) is 0.486. The van der Waals surface area contributed by atoms with Gasteiger partial charge in [-0.05, 0) is 99.6 Å². The van der Waals surface area contributed by atoms with Crippen molar-refractivity contribution < 1.29 is 55.8 Å². The molecule has 0 atom stereocenters. The van der Waals surface area contributed by atoms with Gasteiger partial charge in [-0.1, -0.05) is 94.8 Å². The van der Waals surface area contributed by atoms with Crippen molar-refractivity contribution in [2.75, 3.05) is 0 Å². The number of aliphatic imine (C=N–C) groups is 2. The molecule has 0 bridgehead atoms. The van der Waals surface area contributed by atoms with E-state index in [1.54, 1.807) is 0 Å². The van der Waals surface area contributed by atoms with Gasteiger partial charge in [-0.2, -0.15) is 0 Å². The van der Waals surface area contributed by atoms with Crippen molar-refractivity contribution >= 4 is 23.8 Å². The number of hydrogen-bond acceptors (Lipinski definition) is 3. The van der Waals surface area contributed by atoms with Crippen LogP contribution in [0.1, 0.15) is 124 Å². The number of aromatic nitrogens is 1. The van der Waals surface area contributed by atoms with Crippen molar-refractivity contribution in [3.8, 4) is 0 Å². The van der Waals surface area contributed by atoms with Crippen molar-refractivity contribution in [2.45, 2.75) is 119 Å². The van der Waals surface area contributed by atoms with Crippen LogP contribution in [0.4, 0.5) is 11.4 Å². The van der Waals surface area contributed by atoms with Gasteiger partial charge in [0.25, 0.3) is 0 Å². The van der Waals surface area contributed by atoms with Gasteiger partial charge in [-0.25, -0.2) is 4.98 Å². The predicted molar refractivity (Wildman–Crippen MR) is 176 cm³/mol. The predicted octanol–water partition coefficient (Wildman–Crippen LogP) is 1.58. The van der Waals surface area contributed by atoms with E-state index in [2.05, 4.69) is 71.9 Å². The molecule has 0 saturated heterocycles. The summed E-state index contributed by atoms with van der Waals surface area (Å²) in [6.45, 7) is 13.4. The summed E-state index contributed by atoms with van der Waals surface area (Å²) in [4.78, 5) is 15.0. The molecule has 1 aromatic heterocycles. The molecule has 1 heterocycles. The molecule has 0 aliphatic carbocycles. The molecule has 0 N–H and O–H groups in total. The summed E-state index contributed by atoms with van der Waals surface area (Å²) in [5.41, 5.74) is 12.1. The zero-order valence-electron chi connectivity index (χ0n) is 27.6. The molecule has 240 valence electrons. The van der Waals surface area contributed by atoms with Crippen molar-refractivity contribution in [3.63, 3.8) is 0 Å². The average molecular weight is 695 g/mol. The minimum atomic E-state index is 0. The van der Waals surface area contributed by atoms with Crippen LogP contribution in [0.15, 0.2) is 52.4 Å². The molecule has 0 fully saturated rings. The molecule has 0 amide bonds. The molecule has 2 aromatic carbocycles. The van der Waals surface area contributed by atoms with Gasteiger partial charge in [0.05, 0.1) is 35.2 Å². The first-order valence-corrected chi connectivity index (χ1v) is 15.8. The molecule has 0 radical (unpaired) electrons. The van der Waals surface area contributed by atoms with Crippen LogP contribution in [0.5, 0.6) is 0 Å². The van der Waals surface area contributed by atoms with E-state index < -0.39 is 0 Å². The first-order chi connectivity index (χ1) is 19.5. The Hall–Kier alpha value is -1.62. The van der Waals surface area contributed by atoms with Crippen LogP contribution >= 0.6 is 0 Å². The molecule has 3 rings (SSSR count). The summed E-state index contributed by atoms with van der Waals surface area (Å²) in [5.74, 6) is 0. The van der Waals surface area contributed by atoms with Gasteiger partial charge in [0.15, 0.2) is 0 Å². The molecule has 3 aromatic rings. The maximum Gasteiger partial charge on any atom is 3.00 e. The second-order valence-electron chi connectivity index (χ2n) is 11.3. The third kappa shape index (κ3) is 14.2. The molecule has 7 heteroatoms. The number of rotatable bonds is 16. The Morgan fingerprint density at radius 2 is 0.841 bits per heavy atom. The van der Waals surface area contributed by atoms with E-state index in [-0.39, 0.29) is 55.8 Å². The van der Waals surface area contributed by atoms with Gasteiger partial charge in [-0.15, -0.1) is 0 Å². The van der Waals surface area contributed by atoms with Gasteiger partial charge in [0.2, 0.25) is 0 Å². The topological polar surface area (TPSA) is 37.6 Å². The zero-order chi connectivity index (χ0) is 28.7. The first-order valence-electron chi connectivity index (χ1n) is 15.8. The van der Waals surface area contributed by atoms with Crippen LogP contribution in [0, 0.1) is 13.8 Å². The minimum Gasteiger partial charge on any atom is -1.00 e. The Kier molecular flexibility index (Phi) is 24.9. The SMILES string of the molecule is CCCCc1cc(C)cc(CCCC)c1N=Cc1cccc(C=Nc2c(CCCC)cc(C)cc2CCCC)n1.[Cl-].[Cl-].[Cl-].[V+3]. The van der Waals surface area contributed by atoms with Gasteiger partial charge in [0.1, 0.15) is 0 Å². The molecular weight excluding hydrogens is 644 g/mol. The average Bonchev–Trinajstić information content (AvgIpc) is 2.95. The van der Waals surface area contributed by atoms with E-state index in [1.165, 1.54) is 84.7 Å². The summed E-state index contributed by atoms with van der Waals surface area (Å²) in [7, 11) is 0. The van der Waals surface area contributed by atoms with Crippen molar-refractivity contribution in [3.05, 3.63) is 87.2 Å². The fourth-order valence-electron chi connectivity index (χ4n) is 5.31. The summed E-state index contributed by atoms with van der Waals surface area (Å²) in [5, 5.41) is 0. The van der Waals surface area contributed by atoms with Gasteiger partial charge in [0, 0.05) is 0 Å². The number of halogens is 3. The number of nitrogens with zero attached hydrogens (tertiary/aromatic N) is 3. The third-order valence-electron chi connectivity index (χ3n) is 7.47. The molecule has 0 aliphatic heterocycles. The number of unbranched alkanes of at least 4 members (excludes halogenated alkanes) is 4. The van der Waals surface area contributed by atoms with Crippen molar-refractivity contribution in [1.29, 1.82) is 0 Å². The summed E-state index contributed by atoms with van der Waals surface area (Å²) in [6.07, 6.45) is 17.6. The third-order valence-corrected chi connectivity index (χ3v) is 7.47. The number of hydrogen-bond donors (Lipinski definition) is 0. The van der Waals surface area contributed by atoms with Crippen molar-refractivity contribution in [2.24, 2.45) is 9.98 Å². The molecule has 0 unspecified atom stereocenters. The number of aryl methyl sites for hydroxylation is 6. The van der Waals surface area contributed by atoms with E-state index >= 15 is 0 Å². The second-order valence-corrected chi connectivity index (χ2v) is 11.3. The Labute approximate surface area is 298 Å². The van der Waals surface area contributed by atoms with Crippen LogP contribution in [0.25, 0.3) is 0 Å². The Morgan fingerprint density at radius 1 is 0.545 bits per heavy atom. The standard InChI is InChI=1S/C37H51N3.3ClH.V/c1-7-11-16-30-22-28(5)23-31(17-12-8-2)36(30)38-26-34-20-15-21-35(40-34)27-39-37-32(18-13-9-3)24-29(6)25-33(37)19-14-10-4;;;;/h15,20-27H,7-14,16-19H2,1-6H3;3*1H;/q;;;;+3/p-3. The number of benzene rings is 2. The van der Waals surface area contributed by atoms with Gasteiger partial charge < -0.3 is 37.2 Å². The maximum atomic E-state index is 5.06. The van der Waals surface area contributed by atoms with Gasteiger partial charge in [-0.3, -0.25) is 9.98 Å². The minimum absolute atomic E-state index is 0. The van der Waals surface area contributed by atoms with E-state index in [9.17, 15) is 0 Å². The summed E-state index contributed by atoms with van der Waals surface area (Å²) >= 11 is 0. The molecule has 0 aliphatic rings. The quantitative estimate of drug-likeness (QED) is 0.210. The molecule has 3 nitrogen and oxygen atoms in total. The first kappa shape index (κ1) is 44.5. The molecular formula is C37H51Cl3N3V. The second kappa shape index (κ2) is 24.6. The molecule has 0 saturated carbocycles. The van der Waals surface area contributed by atoms with Crippen LogP contribution in [-0.4, -0.2) is 17.4 Å². The largest absolute Gasteiger partial charge is 3.00 e. The Morgan fingerprint density at radius 3 is 1.11 bits per heavy atom. The fourth-order valence-corrected chi connectivity index (χ4v) is 5.31. The van der Waals surface area contributed by atoms with E-state index in [1.807, 2.05) is 24.6 Å². The van der Waals surface area contributed by atoms with E-state index in [0.717, 1.165) is 48.4 Å². The molecule has 0 spiro atoms. The van der Waals surface area contributed by atoms with Crippen LogP contribution in [-0.2, 0) is 44.2 Å². The smallest absolute Gasteiger partial charge is 1.00 e. The zero-order valence-corrected chi connectivity index (χ0v) is 31.3. The van der Waals surface area contributed by atoms with E-state index in [0.29, 0.717) is 0 Å². The van der Waals surface area contributed by atoms with Gasteiger partial charge >= 0.3 is 18.6 Å². The van der Waals surface area contributed by atoms with Crippen molar-refractivity contribution in [1.82, 2.24) is 4.98 Å². The Bertz CT molecular complexity index is 1140. The van der Waals surface area contributed by atoms with Crippen LogP contribution in [0.3, 0.4) is 0 Å². The van der Waals surface area contributed by atoms with Crippen LogP contribution < -0.4 is 37.2 Å². The summed E-state index contributed by atoms with van der Waals surface area (Å²) < 4.78 is 0. The normalized spacial score (nSPS) is 10.7. The monoisotopic (exact) mass is 693 g/mol. The molecule has 44 heavy (non-hydrogen) atoms. The van der Waals surface area contributed by atoms with E-state index in [4.69, 9.17) is 15.0 Å². The van der Waals surface area contributed by atoms with Crippen LogP contribution in [0.2, 0.25) is 0 Å².